The van der Waals surface area contributed by atoms with Gasteiger partial charge in [0.1, 0.15) is 0 Å². The van der Waals surface area contributed by atoms with E-state index in [1.165, 1.54) is 12.8 Å². The lowest BCUT2D eigenvalue weighted by Gasteiger charge is -2.28. The van der Waals surface area contributed by atoms with E-state index in [4.69, 9.17) is 9.47 Å². The van der Waals surface area contributed by atoms with Gasteiger partial charge in [-0.05, 0) is 33.1 Å². The molecular formula is C12H22O3. The fraction of sp³-hybridized carbons (Fsp3) is 1.00. The molecule has 0 spiro atoms. The van der Waals surface area contributed by atoms with Crippen molar-refractivity contribution in [3.63, 3.8) is 0 Å². The molecule has 1 aliphatic heterocycles. The van der Waals surface area contributed by atoms with E-state index < -0.39 is 0 Å². The minimum atomic E-state index is -0.227. The van der Waals surface area contributed by atoms with Crippen molar-refractivity contribution in [3.8, 4) is 0 Å². The van der Waals surface area contributed by atoms with Crippen LogP contribution in [0, 0.1) is 5.41 Å². The summed E-state index contributed by atoms with van der Waals surface area (Å²) in [5, 5.41) is 9.57. The smallest absolute Gasteiger partial charge is 0.158 e. The van der Waals surface area contributed by atoms with Gasteiger partial charge < -0.3 is 14.6 Å². The van der Waals surface area contributed by atoms with Crippen LogP contribution in [0.15, 0.2) is 0 Å². The molecule has 1 saturated carbocycles. The van der Waals surface area contributed by atoms with Crippen LogP contribution in [0.2, 0.25) is 0 Å². The largest absolute Gasteiger partial charge is 0.393 e. The van der Waals surface area contributed by atoms with E-state index in [1.807, 2.05) is 13.8 Å². The van der Waals surface area contributed by atoms with Gasteiger partial charge >= 0.3 is 0 Å². The van der Waals surface area contributed by atoms with Crippen LogP contribution in [0.3, 0.4) is 0 Å². The first-order chi connectivity index (χ1) is 7.16. The molecule has 0 amide bonds. The van der Waals surface area contributed by atoms with Crippen molar-refractivity contribution in [2.45, 2.75) is 64.4 Å². The maximum atomic E-state index is 9.57. The third-order valence-corrected chi connectivity index (χ3v) is 3.77. The molecule has 2 fully saturated rings. The lowest BCUT2D eigenvalue weighted by molar-refractivity contribution is -0.131. The Labute approximate surface area is 91.8 Å². The van der Waals surface area contributed by atoms with Crippen molar-refractivity contribution < 1.29 is 14.6 Å². The van der Waals surface area contributed by atoms with Gasteiger partial charge in [0.05, 0.1) is 12.2 Å². The Hall–Kier alpha value is -0.120. The zero-order chi connectivity index (χ0) is 10.9. The Bertz CT molecular complexity index is 217. The molecule has 0 aromatic heterocycles. The molecule has 88 valence electrons. The van der Waals surface area contributed by atoms with Crippen molar-refractivity contribution in [1.82, 2.24) is 0 Å². The SMILES string of the molecule is CCO[C@H]1C[C@]2(CC(C)O)CCC[C@@H]2O1. The van der Waals surface area contributed by atoms with Gasteiger partial charge in [-0.25, -0.2) is 0 Å². The topological polar surface area (TPSA) is 38.7 Å². The molecule has 3 heteroatoms. The second-order valence-corrected chi connectivity index (χ2v) is 5.02. The summed E-state index contributed by atoms with van der Waals surface area (Å²) in [7, 11) is 0. The summed E-state index contributed by atoms with van der Waals surface area (Å²) in [4.78, 5) is 0. The fourth-order valence-electron chi connectivity index (χ4n) is 3.31. The molecule has 2 rings (SSSR count). The number of rotatable bonds is 4. The van der Waals surface area contributed by atoms with E-state index in [2.05, 4.69) is 0 Å². The van der Waals surface area contributed by atoms with Crippen LogP contribution in [-0.2, 0) is 9.47 Å². The average Bonchev–Trinajstić information content (AvgIpc) is 2.59. The summed E-state index contributed by atoms with van der Waals surface area (Å²) >= 11 is 0. The number of aliphatic hydroxyl groups is 1. The molecule has 1 N–H and O–H groups in total. The van der Waals surface area contributed by atoms with Gasteiger partial charge in [0.25, 0.3) is 0 Å². The van der Waals surface area contributed by atoms with Gasteiger partial charge in [-0.1, -0.05) is 6.42 Å². The highest BCUT2D eigenvalue weighted by Gasteiger charge is 2.51. The van der Waals surface area contributed by atoms with Crippen LogP contribution in [0.25, 0.3) is 0 Å². The molecule has 0 radical (unpaired) electrons. The van der Waals surface area contributed by atoms with Gasteiger partial charge in [0.2, 0.25) is 0 Å². The minimum absolute atomic E-state index is 0.0287. The van der Waals surface area contributed by atoms with E-state index in [0.717, 1.165) is 19.3 Å². The summed E-state index contributed by atoms with van der Waals surface area (Å²) in [6.45, 7) is 4.58. The third kappa shape index (κ3) is 2.19. The van der Waals surface area contributed by atoms with Crippen molar-refractivity contribution >= 4 is 0 Å². The molecule has 15 heavy (non-hydrogen) atoms. The third-order valence-electron chi connectivity index (χ3n) is 3.77. The van der Waals surface area contributed by atoms with Crippen LogP contribution >= 0.6 is 0 Å². The number of aliphatic hydroxyl groups excluding tert-OH is 1. The predicted molar refractivity (Wildman–Crippen MR) is 57.5 cm³/mol. The summed E-state index contributed by atoms with van der Waals surface area (Å²) in [6, 6.07) is 0. The van der Waals surface area contributed by atoms with Gasteiger partial charge in [0.15, 0.2) is 6.29 Å². The molecule has 1 aliphatic carbocycles. The van der Waals surface area contributed by atoms with E-state index in [-0.39, 0.29) is 17.8 Å². The Morgan fingerprint density at radius 1 is 1.60 bits per heavy atom. The van der Waals surface area contributed by atoms with Gasteiger partial charge in [-0.2, -0.15) is 0 Å². The van der Waals surface area contributed by atoms with Crippen LogP contribution < -0.4 is 0 Å². The quantitative estimate of drug-likeness (QED) is 0.778. The van der Waals surface area contributed by atoms with Crippen LogP contribution in [0.5, 0.6) is 0 Å². The summed E-state index contributed by atoms with van der Waals surface area (Å²) in [6.07, 6.45) is 5.45. The standard InChI is InChI=1S/C12H22O3/c1-3-14-11-8-12(7-9(2)13)6-4-5-10(12)15-11/h9-11,13H,3-8H2,1-2H3/t9?,10-,11+,12+/m0/s1. The van der Waals surface area contributed by atoms with Crippen LogP contribution in [0.1, 0.15) is 46.0 Å². The molecule has 0 aromatic carbocycles. The Balaban J connectivity index is 2.01. The molecule has 4 atom stereocenters. The Kier molecular flexibility index (Phi) is 3.33. The van der Waals surface area contributed by atoms with Crippen molar-refractivity contribution in [3.05, 3.63) is 0 Å². The van der Waals surface area contributed by atoms with Crippen molar-refractivity contribution in [1.29, 1.82) is 0 Å². The summed E-state index contributed by atoms with van der Waals surface area (Å²) < 4.78 is 11.4. The number of fused-ring (bicyclic) bond motifs is 1. The molecule has 0 aromatic rings. The second-order valence-electron chi connectivity index (χ2n) is 5.02. The van der Waals surface area contributed by atoms with Crippen molar-refractivity contribution in [2.24, 2.45) is 5.41 Å². The van der Waals surface area contributed by atoms with Gasteiger partial charge in [-0.15, -0.1) is 0 Å². The summed E-state index contributed by atoms with van der Waals surface area (Å²) in [5.74, 6) is 0. The maximum absolute atomic E-state index is 9.57. The number of ether oxygens (including phenoxy) is 2. The minimum Gasteiger partial charge on any atom is -0.393 e. The lowest BCUT2D eigenvalue weighted by Crippen LogP contribution is -2.29. The van der Waals surface area contributed by atoms with Crippen LogP contribution in [-0.4, -0.2) is 30.2 Å². The molecule has 2 aliphatic rings. The molecule has 1 unspecified atom stereocenters. The monoisotopic (exact) mass is 214 g/mol. The van der Waals surface area contributed by atoms with Gasteiger partial charge in [-0.3, -0.25) is 0 Å². The van der Waals surface area contributed by atoms with Crippen molar-refractivity contribution in [2.75, 3.05) is 6.61 Å². The van der Waals surface area contributed by atoms with E-state index >= 15 is 0 Å². The lowest BCUT2D eigenvalue weighted by atomic mass is 9.78. The molecular weight excluding hydrogens is 192 g/mol. The highest BCUT2D eigenvalue weighted by Crippen LogP contribution is 2.52. The Morgan fingerprint density at radius 2 is 2.40 bits per heavy atom. The highest BCUT2D eigenvalue weighted by molar-refractivity contribution is 4.98. The second kappa shape index (κ2) is 4.40. The average molecular weight is 214 g/mol. The van der Waals surface area contributed by atoms with E-state index in [0.29, 0.717) is 12.7 Å². The number of hydrogen-bond acceptors (Lipinski definition) is 3. The van der Waals surface area contributed by atoms with Gasteiger partial charge in [0, 0.05) is 18.4 Å². The van der Waals surface area contributed by atoms with E-state index in [1.54, 1.807) is 0 Å². The molecule has 0 bridgehead atoms. The zero-order valence-electron chi connectivity index (χ0n) is 9.74. The van der Waals surface area contributed by atoms with Crippen LogP contribution in [0.4, 0.5) is 0 Å². The maximum Gasteiger partial charge on any atom is 0.158 e. The fourth-order valence-corrected chi connectivity index (χ4v) is 3.31. The molecule has 1 saturated heterocycles. The molecule has 3 nitrogen and oxygen atoms in total. The first kappa shape index (κ1) is 11.4. The number of hydrogen-bond donors (Lipinski definition) is 1. The normalized spacial score (nSPS) is 41.8. The summed E-state index contributed by atoms with van der Waals surface area (Å²) in [5.41, 5.74) is 0.202. The predicted octanol–water partition coefficient (Wildman–Crippen LogP) is 2.08. The zero-order valence-corrected chi connectivity index (χ0v) is 9.74. The first-order valence-electron chi connectivity index (χ1n) is 6.11. The highest BCUT2D eigenvalue weighted by atomic mass is 16.7. The van der Waals surface area contributed by atoms with E-state index in [9.17, 15) is 5.11 Å². The molecule has 1 heterocycles. The Morgan fingerprint density at radius 3 is 3.07 bits per heavy atom. The first-order valence-corrected chi connectivity index (χ1v) is 6.11.